The number of hydrogen-bond acceptors (Lipinski definition) is 2. The number of rotatable bonds is 5. The van der Waals surface area contributed by atoms with Gasteiger partial charge in [-0.15, -0.1) is 0 Å². The molecule has 0 radical (unpaired) electrons. The van der Waals surface area contributed by atoms with Crippen LogP contribution in [0, 0.1) is 12.7 Å². The Hall–Kier alpha value is -2.36. The number of aryl methyl sites for hydroxylation is 1. The van der Waals surface area contributed by atoms with Crippen molar-refractivity contribution in [2.75, 3.05) is 12.3 Å². The molecule has 2 aromatic rings. The van der Waals surface area contributed by atoms with Crippen LogP contribution in [0.5, 0.6) is 0 Å². The van der Waals surface area contributed by atoms with Gasteiger partial charge in [0.15, 0.2) is 0 Å². The second kappa shape index (κ2) is 6.41. The third kappa shape index (κ3) is 3.70. The van der Waals surface area contributed by atoms with Gasteiger partial charge in [-0.2, -0.15) is 0 Å². The quantitative estimate of drug-likeness (QED) is 0.858. The molecule has 1 fully saturated rings. The summed E-state index contributed by atoms with van der Waals surface area (Å²) in [7, 11) is 0. The Labute approximate surface area is 135 Å². The van der Waals surface area contributed by atoms with Gasteiger partial charge in [0, 0.05) is 23.8 Å². The number of carbonyl (C=O) groups excluding carboxylic acids is 1. The lowest BCUT2D eigenvalue weighted by Gasteiger charge is -2.23. The zero-order valence-corrected chi connectivity index (χ0v) is 13.3. The van der Waals surface area contributed by atoms with Gasteiger partial charge >= 0.3 is 0 Å². The molecule has 0 aliphatic heterocycles. The Kier molecular flexibility index (Phi) is 4.33. The highest BCUT2D eigenvalue weighted by Crippen LogP contribution is 2.29. The third-order valence-corrected chi connectivity index (χ3v) is 4.27. The standard InChI is InChI=1S/C19H21FN2O/c1-13-5-6-16(21)12-18(13)19(23)22(17-7-8-17)10-9-14-3-2-4-15(20)11-14/h2-6,11-12,17H,7-10,21H2,1H3. The minimum absolute atomic E-state index is 0.0219. The molecule has 0 bridgehead atoms. The van der Waals surface area contributed by atoms with Crippen molar-refractivity contribution in [3.63, 3.8) is 0 Å². The summed E-state index contributed by atoms with van der Waals surface area (Å²) in [4.78, 5) is 14.8. The van der Waals surface area contributed by atoms with Crippen molar-refractivity contribution in [1.29, 1.82) is 0 Å². The van der Waals surface area contributed by atoms with Gasteiger partial charge in [0.25, 0.3) is 5.91 Å². The van der Waals surface area contributed by atoms with Gasteiger partial charge in [0.05, 0.1) is 0 Å². The summed E-state index contributed by atoms with van der Waals surface area (Å²) < 4.78 is 13.3. The molecule has 120 valence electrons. The van der Waals surface area contributed by atoms with Crippen molar-refractivity contribution in [1.82, 2.24) is 4.90 Å². The lowest BCUT2D eigenvalue weighted by Crippen LogP contribution is -2.35. The number of hydrogen-bond donors (Lipinski definition) is 1. The minimum atomic E-state index is -0.238. The smallest absolute Gasteiger partial charge is 0.254 e. The van der Waals surface area contributed by atoms with Crippen molar-refractivity contribution >= 4 is 11.6 Å². The number of nitrogens with zero attached hydrogens (tertiary/aromatic N) is 1. The van der Waals surface area contributed by atoms with E-state index in [1.165, 1.54) is 12.1 Å². The Morgan fingerprint density at radius 1 is 1.26 bits per heavy atom. The summed E-state index contributed by atoms with van der Waals surface area (Å²) in [5.41, 5.74) is 8.93. The zero-order valence-electron chi connectivity index (χ0n) is 13.3. The summed E-state index contributed by atoms with van der Waals surface area (Å²) in [6.07, 6.45) is 2.73. The number of anilines is 1. The second-order valence-electron chi connectivity index (χ2n) is 6.18. The van der Waals surface area contributed by atoms with Gasteiger partial charge in [-0.25, -0.2) is 4.39 Å². The molecule has 0 unspecified atom stereocenters. The Balaban J connectivity index is 1.76. The van der Waals surface area contributed by atoms with Crippen LogP contribution in [0.2, 0.25) is 0 Å². The molecule has 0 saturated heterocycles. The Morgan fingerprint density at radius 2 is 2.04 bits per heavy atom. The van der Waals surface area contributed by atoms with E-state index < -0.39 is 0 Å². The maximum absolute atomic E-state index is 13.3. The Morgan fingerprint density at radius 3 is 2.74 bits per heavy atom. The van der Waals surface area contributed by atoms with Crippen LogP contribution in [-0.2, 0) is 6.42 Å². The lowest BCUT2D eigenvalue weighted by molar-refractivity contribution is 0.0744. The molecular weight excluding hydrogens is 291 g/mol. The van der Waals surface area contributed by atoms with Gasteiger partial charge in [0.1, 0.15) is 5.82 Å². The number of benzene rings is 2. The maximum atomic E-state index is 13.3. The van der Waals surface area contributed by atoms with E-state index in [0.29, 0.717) is 30.3 Å². The normalized spacial score (nSPS) is 13.8. The summed E-state index contributed by atoms with van der Waals surface area (Å²) in [6, 6.07) is 12.3. The van der Waals surface area contributed by atoms with Crippen molar-refractivity contribution in [3.05, 3.63) is 65.0 Å². The molecule has 1 aliphatic rings. The highest BCUT2D eigenvalue weighted by atomic mass is 19.1. The summed E-state index contributed by atoms with van der Waals surface area (Å²) >= 11 is 0. The maximum Gasteiger partial charge on any atom is 0.254 e. The van der Waals surface area contributed by atoms with Crippen LogP contribution in [0.4, 0.5) is 10.1 Å². The first kappa shape index (κ1) is 15.5. The number of nitrogens with two attached hydrogens (primary N) is 1. The van der Waals surface area contributed by atoms with Crippen LogP contribution in [-0.4, -0.2) is 23.4 Å². The Bertz CT molecular complexity index is 725. The highest BCUT2D eigenvalue weighted by molar-refractivity contribution is 5.96. The number of amides is 1. The van der Waals surface area contributed by atoms with Crippen LogP contribution >= 0.6 is 0 Å². The molecule has 1 amide bonds. The summed E-state index contributed by atoms with van der Waals surface area (Å²) in [5, 5.41) is 0. The molecule has 1 aliphatic carbocycles. The molecule has 0 aromatic heterocycles. The molecule has 4 heteroatoms. The van der Waals surface area contributed by atoms with Gasteiger partial charge in [0.2, 0.25) is 0 Å². The van der Waals surface area contributed by atoms with Crippen molar-refractivity contribution < 1.29 is 9.18 Å². The summed E-state index contributed by atoms with van der Waals surface area (Å²) in [5.74, 6) is -0.216. The molecule has 3 nitrogen and oxygen atoms in total. The van der Waals surface area contributed by atoms with Crippen LogP contribution in [0.25, 0.3) is 0 Å². The molecule has 0 atom stereocenters. The van der Waals surface area contributed by atoms with E-state index in [0.717, 1.165) is 24.0 Å². The molecular formula is C19H21FN2O. The van der Waals surface area contributed by atoms with Gasteiger partial charge in [-0.1, -0.05) is 18.2 Å². The summed E-state index contributed by atoms with van der Waals surface area (Å²) in [6.45, 7) is 2.52. The first-order chi connectivity index (χ1) is 11.0. The fourth-order valence-electron chi connectivity index (χ4n) is 2.80. The van der Waals surface area contributed by atoms with Crippen LogP contribution in [0.1, 0.15) is 34.3 Å². The van der Waals surface area contributed by atoms with Crippen molar-refractivity contribution in [2.24, 2.45) is 0 Å². The topological polar surface area (TPSA) is 46.3 Å². The number of halogens is 1. The highest BCUT2D eigenvalue weighted by Gasteiger charge is 2.33. The van der Waals surface area contributed by atoms with E-state index in [2.05, 4.69) is 0 Å². The van der Waals surface area contributed by atoms with Gasteiger partial charge < -0.3 is 10.6 Å². The fraction of sp³-hybridized carbons (Fsp3) is 0.316. The average Bonchev–Trinajstić information content (AvgIpc) is 3.34. The van der Waals surface area contributed by atoms with E-state index in [9.17, 15) is 9.18 Å². The number of nitrogen functional groups attached to an aromatic ring is 1. The molecule has 3 rings (SSSR count). The molecule has 2 N–H and O–H groups in total. The minimum Gasteiger partial charge on any atom is -0.399 e. The zero-order chi connectivity index (χ0) is 16.4. The van der Waals surface area contributed by atoms with Crippen LogP contribution < -0.4 is 5.73 Å². The molecule has 0 spiro atoms. The van der Waals surface area contributed by atoms with Crippen LogP contribution in [0.15, 0.2) is 42.5 Å². The molecule has 23 heavy (non-hydrogen) atoms. The van der Waals surface area contributed by atoms with E-state index >= 15 is 0 Å². The van der Waals surface area contributed by atoms with E-state index in [4.69, 9.17) is 5.73 Å². The molecule has 1 saturated carbocycles. The van der Waals surface area contributed by atoms with E-state index in [1.54, 1.807) is 18.2 Å². The largest absolute Gasteiger partial charge is 0.399 e. The van der Waals surface area contributed by atoms with Crippen LogP contribution in [0.3, 0.4) is 0 Å². The van der Waals surface area contributed by atoms with E-state index in [1.807, 2.05) is 24.0 Å². The first-order valence-electron chi connectivity index (χ1n) is 7.96. The molecule has 2 aromatic carbocycles. The molecule has 0 heterocycles. The van der Waals surface area contributed by atoms with Gasteiger partial charge in [-0.05, 0) is 61.6 Å². The predicted molar refractivity (Wildman–Crippen MR) is 89.8 cm³/mol. The monoisotopic (exact) mass is 312 g/mol. The SMILES string of the molecule is Cc1ccc(N)cc1C(=O)N(CCc1cccc(F)c1)C1CC1. The average molecular weight is 312 g/mol. The van der Waals surface area contributed by atoms with Crippen molar-refractivity contribution in [3.8, 4) is 0 Å². The first-order valence-corrected chi connectivity index (χ1v) is 7.96. The van der Waals surface area contributed by atoms with E-state index in [-0.39, 0.29) is 11.7 Å². The second-order valence-corrected chi connectivity index (χ2v) is 6.18. The van der Waals surface area contributed by atoms with Crippen molar-refractivity contribution in [2.45, 2.75) is 32.2 Å². The predicted octanol–water partition coefficient (Wildman–Crippen LogP) is 3.56. The third-order valence-electron chi connectivity index (χ3n) is 4.27. The fourth-order valence-corrected chi connectivity index (χ4v) is 2.80. The van der Waals surface area contributed by atoms with Gasteiger partial charge in [-0.3, -0.25) is 4.79 Å². The lowest BCUT2D eigenvalue weighted by atomic mass is 10.1. The number of carbonyl (C=O) groups is 1.